The Kier molecular flexibility index (Phi) is 17.1. The first-order valence-electron chi connectivity index (χ1n) is 38.2. The summed E-state index contributed by atoms with van der Waals surface area (Å²) in [4.78, 5) is 7.40. The summed E-state index contributed by atoms with van der Waals surface area (Å²) in [5, 5.41) is 4.13. The lowest BCUT2D eigenvalue weighted by molar-refractivity contribution is 0.589. The van der Waals surface area contributed by atoms with E-state index in [1.807, 2.05) is 0 Å². The molecule has 0 spiro atoms. The predicted molar refractivity (Wildman–Crippen MR) is 453 cm³/mol. The van der Waals surface area contributed by atoms with Gasteiger partial charge < -0.3 is 23.5 Å². The third-order valence-corrected chi connectivity index (χ3v) is 22.5. The van der Waals surface area contributed by atoms with Gasteiger partial charge in [0, 0.05) is 67.1 Å². The Morgan fingerprint density at radius 1 is 0.236 bits per heavy atom. The van der Waals surface area contributed by atoms with E-state index in [0.717, 1.165) is 128 Å². The standard InChI is InChI=1S/C101H105N3O2/c1-94(2,3)64-30-32-71(33-31-64)101(72-46-60-75(61-47-72)102(73-48-34-65(35-49-73)95(4,5)6)74-50-36-66(37-51-74)96(7,8)9)82-63-85(104(78-56-42-69(43-57-78)99(16,17)18)79-58-44-70(45-59-79)100(19,20)21)92-89(81-27-23-25-29-87(81)105-92)90(82)91-83(101)62-84(88-80-26-22-24-28-86(80)106-93(88)91)103(76-52-38-67(39-53-76)97(10,11)12)77-54-40-68(41-55-77)98(13,14)15/h22-63H,1-21H3. The van der Waals surface area contributed by atoms with Crippen molar-refractivity contribution in [3.05, 3.63) is 316 Å². The fraction of sp³-hybridized carbons (Fsp3) is 0.287. The summed E-state index contributed by atoms with van der Waals surface area (Å²) in [5.74, 6) is 0. The number of rotatable bonds is 11. The molecule has 14 aromatic rings. The second-order valence-electron chi connectivity index (χ2n) is 37.2. The lowest BCUT2D eigenvalue weighted by atomic mass is 9.67. The molecular weight excluding hydrogens is 1290 g/mol. The average molecular weight is 1390 g/mol. The third kappa shape index (κ3) is 12.5. The molecule has 1 unspecified atom stereocenters. The highest BCUT2D eigenvalue weighted by Gasteiger charge is 2.51. The molecule has 0 fully saturated rings. The van der Waals surface area contributed by atoms with Crippen LogP contribution in [0.3, 0.4) is 0 Å². The van der Waals surface area contributed by atoms with Gasteiger partial charge in [-0.15, -0.1) is 0 Å². The summed E-state index contributed by atoms with van der Waals surface area (Å²) in [6.07, 6.45) is 0. The van der Waals surface area contributed by atoms with E-state index in [2.05, 4.69) is 415 Å². The maximum absolute atomic E-state index is 7.84. The number of furan rings is 2. The zero-order valence-electron chi connectivity index (χ0n) is 66.4. The highest BCUT2D eigenvalue weighted by Crippen LogP contribution is 2.65. The molecule has 2 aromatic heterocycles. The number of fused-ring (bicyclic) bond motifs is 11. The topological polar surface area (TPSA) is 36.0 Å². The molecule has 5 nitrogen and oxygen atoms in total. The van der Waals surface area contributed by atoms with Crippen LogP contribution in [-0.2, 0) is 43.3 Å². The Morgan fingerprint density at radius 2 is 0.481 bits per heavy atom. The van der Waals surface area contributed by atoms with Gasteiger partial charge in [-0.2, -0.15) is 0 Å². The molecule has 0 aliphatic heterocycles. The van der Waals surface area contributed by atoms with Crippen molar-refractivity contribution in [2.75, 3.05) is 14.7 Å². The zero-order valence-corrected chi connectivity index (χ0v) is 66.4. The largest absolute Gasteiger partial charge is 0.455 e. The molecular formula is C101H105N3O2. The first-order chi connectivity index (χ1) is 50.0. The SMILES string of the molecule is CC(C)(C)c1ccc(N(c2ccc(C(C)(C)C)cc2)c2ccc(C3(c4ccc(C(C)(C)C)cc4)c4cc(N(c5ccc(C(C)(C)C)cc5)c5ccc(C(C)(C)C)cc5)c5c(oc6ccccc65)c4-c4c3cc(N(c3ccc(C(C)(C)C)cc3)c3ccc(C(C)(C)C)cc3)c3oc5ccccc5c43)cc2)cc1. The van der Waals surface area contributed by atoms with Crippen molar-refractivity contribution >= 4 is 95.1 Å². The number of anilines is 9. The van der Waals surface area contributed by atoms with E-state index in [9.17, 15) is 0 Å². The molecule has 5 heteroatoms. The molecule has 1 aliphatic carbocycles. The molecule has 12 aromatic carbocycles. The minimum absolute atomic E-state index is 0.0236. The Balaban J connectivity index is 1.13. The van der Waals surface area contributed by atoms with Crippen molar-refractivity contribution in [2.24, 2.45) is 0 Å². The van der Waals surface area contributed by atoms with Gasteiger partial charge in [0.15, 0.2) is 5.58 Å². The summed E-state index contributed by atoms with van der Waals surface area (Å²) in [5.41, 5.74) is 26.5. The van der Waals surface area contributed by atoms with Crippen molar-refractivity contribution in [3.63, 3.8) is 0 Å². The number of hydrogen-bond acceptors (Lipinski definition) is 5. The Bertz CT molecular complexity index is 5430. The van der Waals surface area contributed by atoms with Crippen LogP contribution >= 0.6 is 0 Å². The predicted octanol–water partition coefficient (Wildman–Crippen LogP) is 29.3. The van der Waals surface area contributed by atoms with E-state index in [1.165, 1.54) is 38.9 Å². The molecule has 536 valence electrons. The fourth-order valence-corrected chi connectivity index (χ4v) is 16.2. The normalized spacial score (nSPS) is 14.5. The first-order valence-corrected chi connectivity index (χ1v) is 38.2. The van der Waals surface area contributed by atoms with E-state index in [4.69, 9.17) is 8.83 Å². The van der Waals surface area contributed by atoms with Crippen molar-refractivity contribution in [1.82, 2.24) is 0 Å². The fourth-order valence-electron chi connectivity index (χ4n) is 16.2. The molecule has 0 N–H and O–H groups in total. The molecule has 0 saturated carbocycles. The Labute approximate surface area is 630 Å². The van der Waals surface area contributed by atoms with Gasteiger partial charge in [0.25, 0.3) is 0 Å². The summed E-state index contributed by atoms with van der Waals surface area (Å²) >= 11 is 0. The highest BCUT2D eigenvalue weighted by molar-refractivity contribution is 6.26. The van der Waals surface area contributed by atoms with E-state index in [0.29, 0.717) is 0 Å². The summed E-state index contributed by atoms with van der Waals surface area (Å²) in [7, 11) is 0. The van der Waals surface area contributed by atoms with Crippen molar-refractivity contribution in [1.29, 1.82) is 0 Å². The quantitative estimate of drug-likeness (QED) is 0.129. The van der Waals surface area contributed by atoms with Crippen LogP contribution in [0.2, 0.25) is 0 Å². The molecule has 0 amide bonds. The number of hydrogen-bond donors (Lipinski definition) is 0. The zero-order chi connectivity index (χ0) is 75.2. The molecule has 1 atom stereocenters. The summed E-state index contributed by atoms with van der Waals surface area (Å²) < 4.78 is 15.5. The number of benzene rings is 12. The smallest absolute Gasteiger partial charge is 0.160 e. The Hall–Kier alpha value is -10.4. The Morgan fingerprint density at radius 3 is 0.811 bits per heavy atom. The molecule has 106 heavy (non-hydrogen) atoms. The van der Waals surface area contributed by atoms with Gasteiger partial charge in [-0.1, -0.05) is 291 Å². The van der Waals surface area contributed by atoms with Gasteiger partial charge in [-0.25, -0.2) is 0 Å². The molecule has 2 heterocycles. The molecule has 0 saturated heterocycles. The first kappa shape index (κ1) is 71.3. The van der Waals surface area contributed by atoms with Crippen LogP contribution in [0.1, 0.15) is 207 Å². The van der Waals surface area contributed by atoms with Crippen molar-refractivity contribution in [2.45, 2.75) is 189 Å². The van der Waals surface area contributed by atoms with E-state index in [-0.39, 0.29) is 37.9 Å². The maximum atomic E-state index is 7.84. The lowest BCUT2D eigenvalue weighted by Gasteiger charge is -2.37. The van der Waals surface area contributed by atoms with E-state index >= 15 is 0 Å². The molecule has 0 radical (unpaired) electrons. The van der Waals surface area contributed by atoms with Gasteiger partial charge in [0.1, 0.15) is 16.7 Å². The molecule has 15 rings (SSSR count). The van der Waals surface area contributed by atoms with E-state index < -0.39 is 5.41 Å². The monoisotopic (exact) mass is 1390 g/mol. The van der Waals surface area contributed by atoms with Gasteiger partial charge in [-0.3, -0.25) is 0 Å². The van der Waals surface area contributed by atoms with Gasteiger partial charge in [0.2, 0.25) is 0 Å². The van der Waals surface area contributed by atoms with Crippen LogP contribution in [0.5, 0.6) is 0 Å². The minimum Gasteiger partial charge on any atom is -0.455 e. The van der Waals surface area contributed by atoms with Crippen LogP contribution in [0.4, 0.5) is 51.2 Å². The maximum Gasteiger partial charge on any atom is 0.160 e. The van der Waals surface area contributed by atoms with Crippen LogP contribution in [0.25, 0.3) is 55.0 Å². The van der Waals surface area contributed by atoms with Crippen LogP contribution in [0, 0.1) is 0 Å². The number of nitrogens with zero attached hydrogens (tertiary/aromatic N) is 3. The van der Waals surface area contributed by atoms with E-state index in [1.54, 1.807) is 0 Å². The minimum atomic E-state index is -1.06. The second-order valence-corrected chi connectivity index (χ2v) is 37.2. The summed E-state index contributed by atoms with van der Waals surface area (Å²) in [6.45, 7) is 48.3. The van der Waals surface area contributed by atoms with Crippen LogP contribution in [0.15, 0.2) is 264 Å². The van der Waals surface area contributed by atoms with Crippen molar-refractivity contribution < 1.29 is 8.83 Å². The number of para-hydroxylation sites is 2. The van der Waals surface area contributed by atoms with Gasteiger partial charge >= 0.3 is 0 Å². The second kappa shape index (κ2) is 25.4. The van der Waals surface area contributed by atoms with Crippen LogP contribution < -0.4 is 14.7 Å². The summed E-state index contributed by atoms with van der Waals surface area (Å²) in [6, 6.07) is 97.3. The average Bonchev–Trinajstić information content (AvgIpc) is 1.50. The van der Waals surface area contributed by atoms with Gasteiger partial charge in [-0.05, 0) is 208 Å². The van der Waals surface area contributed by atoms with Crippen LogP contribution in [-0.4, -0.2) is 0 Å². The van der Waals surface area contributed by atoms with Crippen molar-refractivity contribution in [3.8, 4) is 11.1 Å². The third-order valence-electron chi connectivity index (χ3n) is 22.5. The highest BCUT2D eigenvalue weighted by atomic mass is 16.3. The molecule has 0 bridgehead atoms. The lowest BCUT2D eigenvalue weighted by Crippen LogP contribution is -2.29. The van der Waals surface area contributed by atoms with Gasteiger partial charge in [0.05, 0.1) is 22.2 Å². The molecule has 1 aliphatic rings.